The largest absolute Gasteiger partial charge is 0.384 e. The Morgan fingerprint density at radius 2 is 2.28 bits per heavy atom. The van der Waals surface area contributed by atoms with E-state index in [1.54, 1.807) is 17.5 Å². The van der Waals surface area contributed by atoms with Gasteiger partial charge in [0.2, 0.25) is 0 Å². The maximum atomic E-state index is 10.8. The van der Waals surface area contributed by atoms with Crippen molar-refractivity contribution in [3.63, 3.8) is 0 Å². The lowest BCUT2D eigenvalue weighted by atomic mass is 9.44. The van der Waals surface area contributed by atoms with Gasteiger partial charge in [-0.3, -0.25) is 4.99 Å². The third-order valence-electron chi connectivity index (χ3n) is 5.06. The minimum absolute atomic E-state index is 0.268. The van der Waals surface area contributed by atoms with Crippen molar-refractivity contribution in [3.8, 4) is 0 Å². The Kier molecular flexibility index (Phi) is 2.65. The summed E-state index contributed by atoms with van der Waals surface area (Å²) in [6.45, 7) is 7.11. The van der Waals surface area contributed by atoms with Crippen LogP contribution in [0.5, 0.6) is 0 Å². The van der Waals surface area contributed by atoms with E-state index in [0.717, 1.165) is 23.6 Å². The van der Waals surface area contributed by atoms with E-state index in [1.165, 1.54) is 0 Å². The molecule has 3 saturated carbocycles. The maximum absolute atomic E-state index is 10.8. The van der Waals surface area contributed by atoms with Gasteiger partial charge in [0.05, 0.1) is 6.54 Å². The lowest BCUT2D eigenvalue weighted by Crippen LogP contribution is -2.64. The molecule has 1 heterocycles. The molecular formula is C14H20N2OS. The molecule has 1 aromatic heterocycles. The normalized spacial score (nSPS) is 39.7. The van der Waals surface area contributed by atoms with Crippen LogP contribution < -0.4 is 0 Å². The predicted octanol–water partition coefficient (Wildman–Crippen LogP) is 2.90. The van der Waals surface area contributed by atoms with Gasteiger partial charge in [0.15, 0.2) is 0 Å². The summed E-state index contributed by atoms with van der Waals surface area (Å²) in [7, 11) is 0. The quantitative estimate of drug-likeness (QED) is 0.892. The molecule has 3 aliphatic carbocycles. The van der Waals surface area contributed by atoms with Gasteiger partial charge in [-0.15, -0.1) is 11.3 Å². The van der Waals surface area contributed by atoms with Crippen molar-refractivity contribution in [1.82, 2.24) is 4.98 Å². The Morgan fingerprint density at radius 3 is 2.83 bits per heavy atom. The number of thiazole rings is 1. The van der Waals surface area contributed by atoms with Gasteiger partial charge in [-0.1, -0.05) is 13.8 Å². The van der Waals surface area contributed by atoms with E-state index in [9.17, 15) is 5.11 Å². The van der Waals surface area contributed by atoms with Gasteiger partial charge in [0, 0.05) is 17.3 Å². The molecule has 4 heteroatoms. The van der Waals surface area contributed by atoms with Gasteiger partial charge in [0.1, 0.15) is 10.6 Å². The van der Waals surface area contributed by atoms with Crippen LogP contribution in [0, 0.1) is 17.3 Å². The molecule has 0 spiro atoms. The first-order valence-electron chi connectivity index (χ1n) is 6.57. The first kappa shape index (κ1) is 12.3. The maximum Gasteiger partial charge on any atom is 0.114 e. The van der Waals surface area contributed by atoms with E-state index >= 15 is 0 Å². The van der Waals surface area contributed by atoms with Crippen molar-refractivity contribution in [3.05, 3.63) is 16.6 Å². The summed E-state index contributed by atoms with van der Waals surface area (Å²) in [6.07, 6.45) is 3.90. The van der Waals surface area contributed by atoms with Crippen LogP contribution in [0.15, 0.2) is 16.6 Å². The van der Waals surface area contributed by atoms with Crippen LogP contribution >= 0.6 is 11.3 Å². The molecule has 1 aromatic rings. The molecule has 3 fully saturated rings. The monoisotopic (exact) mass is 264 g/mol. The van der Waals surface area contributed by atoms with Crippen molar-refractivity contribution >= 4 is 17.0 Å². The van der Waals surface area contributed by atoms with E-state index in [4.69, 9.17) is 0 Å². The molecule has 2 bridgehead atoms. The molecule has 3 atom stereocenters. The van der Waals surface area contributed by atoms with E-state index in [2.05, 4.69) is 23.8 Å². The second-order valence-corrected chi connectivity index (χ2v) is 7.33. The number of rotatable bonds is 2. The standard InChI is InChI=1S/C14H20N2OS/c1-13(2)9-6-10(13)14(3,17)11(7-9)16-8-12-15-4-5-18-12/h4-5,9-10,17H,6-8H2,1-3H3/t9-,10-,14-/m1/s1. The topological polar surface area (TPSA) is 45.5 Å². The summed E-state index contributed by atoms with van der Waals surface area (Å²) in [4.78, 5) is 8.88. The molecule has 4 rings (SSSR count). The molecule has 0 radical (unpaired) electrons. The summed E-state index contributed by atoms with van der Waals surface area (Å²) in [5.41, 5.74) is 0.525. The molecule has 1 N–H and O–H groups in total. The second-order valence-electron chi connectivity index (χ2n) is 6.35. The fourth-order valence-electron chi connectivity index (χ4n) is 3.68. The van der Waals surface area contributed by atoms with Gasteiger partial charge in [0.25, 0.3) is 0 Å². The molecule has 98 valence electrons. The summed E-state index contributed by atoms with van der Waals surface area (Å²) >= 11 is 1.62. The number of hydrogen-bond donors (Lipinski definition) is 1. The molecule has 3 nitrogen and oxygen atoms in total. The summed E-state index contributed by atoms with van der Waals surface area (Å²) in [6, 6.07) is 0. The molecule has 0 amide bonds. The highest BCUT2D eigenvalue weighted by molar-refractivity contribution is 7.09. The average Bonchev–Trinajstić information content (AvgIpc) is 2.78. The molecule has 0 saturated heterocycles. The average molecular weight is 264 g/mol. The van der Waals surface area contributed by atoms with E-state index in [0.29, 0.717) is 18.4 Å². The van der Waals surface area contributed by atoms with Crippen LogP contribution in [0.25, 0.3) is 0 Å². The third-order valence-corrected chi connectivity index (χ3v) is 5.83. The fraction of sp³-hybridized carbons (Fsp3) is 0.714. The van der Waals surface area contributed by atoms with Crippen molar-refractivity contribution in [2.45, 2.75) is 45.8 Å². The zero-order valence-corrected chi connectivity index (χ0v) is 12.0. The Labute approximate surface area is 112 Å². The first-order valence-corrected chi connectivity index (χ1v) is 7.45. The number of aromatic nitrogens is 1. The third kappa shape index (κ3) is 1.66. The molecule has 18 heavy (non-hydrogen) atoms. The van der Waals surface area contributed by atoms with Crippen molar-refractivity contribution in [2.75, 3.05) is 0 Å². The minimum Gasteiger partial charge on any atom is -0.384 e. The number of hydrogen-bond acceptors (Lipinski definition) is 4. The zero-order valence-electron chi connectivity index (χ0n) is 11.2. The number of fused-ring (bicyclic) bond motifs is 2. The van der Waals surface area contributed by atoms with Crippen LogP contribution in [-0.4, -0.2) is 21.4 Å². The zero-order chi connectivity index (χ0) is 13.0. The lowest BCUT2D eigenvalue weighted by Gasteiger charge is -2.62. The molecule has 0 aromatic carbocycles. The van der Waals surface area contributed by atoms with E-state index in [-0.39, 0.29) is 5.41 Å². The minimum atomic E-state index is -0.727. The van der Waals surface area contributed by atoms with Gasteiger partial charge in [-0.05, 0) is 37.0 Å². The fourth-order valence-corrected chi connectivity index (χ4v) is 4.22. The predicted molar refractivity (Wildman–Crippen MR) is 73.9 cm³/mol. The van der Waals surface area contributed by atoms with Crippen LogP contribution in [0.1, 0.15) is 38.6 Å². The number of nitrogens with zero attached hydrogens (tertiary/aromatic N) is 2. The lowest BCUT2D eigenvalue weighted by molar-refractivity contribution is -0.134. The van der Waals surface area contributed by atoms with Crippen LogP contribution in [0.3, 0.4) is 0 Å². The number of aliphatic imine (C=N–C) groups is 1. The molecule has 0 aliphatic heterocycles. The summed E-state index contributed by atoms with van der Waals surface area (Å²) in [5, 5.41) is 13.7. The highest BCUT2D eigenvalue weighted by Crippen LogP contribution is 2.61. The SMILES string of the molecule is CC1(C)[C@H]2CC(=NCc3nccs3)[C@](C)(O)[C@@H]1C2. The second kappa shape index (κ2) is 3.87. The van der Waals surface area contributed by atoms with Crippen LogP contribution in [0.4, 0.5) is 0 Å². The molecule has 3 aliphatic rings. The molecule has 0 unspecified atom stereocenters. The Hall–Kier alpha value is -0.740. The Balaban J connectivity index is 1.81. The summed E-state index contributed by atoms with van der Waals surface area (Å²) < 4.78 is 0. The highest BCUT2D eigenvalue weighted by Gasteiger charge is 2.61. The van der Waals surface area contributed by atoms with Gasteiger partial charge in [-0.2, -0.15) is 0 Å². The van der Waals surface area contributed by atoms with Gasteiger partial charge in [-0.25, -0.2) is 4.98 Å². The van der Waals surface area contributed by atoms with Crippen molar-refractivity contribution in [2.24, 2.45) is 22.2 Å². The van der Waals surface area contributed by atoms with Gasteiger partial charge < -0.3 is 5.11 Å². The smallest absolute Gasteiger partial charge is 0.114 e. The number of aliphatic hydroxyl groups is 1. The Morgan fingerprint density at radius 1 is 1.50 bits per heavy atom. The Bertz CT molecular complexity index is 476. The van der Waals surface area contributed by atoms with Crippen LogP contribution in [0.2, 0.25) is 0 Å². The van der Waals surface area contributed by atoms with E-state index in [1.807, 2.05) is 12.3 Å². The van der Waals surface area contributed by atoms with Crippen molar-refractivity contribution in [1.29, 1.82) is 0 Å². The van der Waals surface area contributed by atoms with Crippen molar-refractivity contribution < 1.29 is 5.11 Å². The van der Waals surface area contributed by atoms with E-state index < -0.39 is 5.60 Å². The highest BCUT2D eigenvalue weighted by atomic mass is 32.1. The first-order chi connectivity index (χ1) is 8.42. The summed E-state index contributed by atoms with van der Waals surface area (Å²) in [5.74, 6) is 1.05. The molecular weight excluding hydrogens is 244 g/mol. The van der Waals surface area contributed by atoms with Gasteiger partial charge >= 0.3 is 0 Å². The van der Waals surface area contributed by atoms with Crippen LogP contribution in [-0.2, 0) is 6.54 Å².